The maximum absolute atomic E-state index is 11.5. The van der Waals surface area contributed by atoms with Crippen molar-refractivity contribution in [3.8, 4) is 0 Å². The van der Waals surface area contributed by atoms with Gasteiger partial charge in [0.1, 0.15) is 6.61 Å². The minimum absolute atomic E-state index is 0.222. The fourth-order valence-corrected chi connectivity index (χ4v) is 1.18. The second kappa shape index (κ2) is 5.12. The lowest BCUT2D eigenvalue weighted by molar-refractivity contribution is -0.153. The van der Waals surface area contributed by atoms with Crippen molar-refractivity contribution in [3.63, 3.8) is 0 Å². The van der Waals surface area contributed by atoms with E-state index in [1.165, 1.54) is 0 Å². The molecule has 3 heteroatoms. The summed E-state index contributed by atoms with van der Waals surface area (Å²) in [5.41, 5.74) is 6.41. The zero-order chi connectivity index (χ0) is 12.2. The molecule has 16 heavy (non-hydrogen) atoms. The average Bonchev–Trinajstić information content (AvgIpc) is 2.25. The topological polar surface area (TPSA) is 52.3 Å². The molecule has 1 aromatic rings. The van der Waals surface area contributed by atoms with Gasteiger partial charge in [-0.3, -0.25) is 4.79 Å². The molecule has 0 bridgehead atoms. The molecule has 0 spiro atoms. The SMILES string of the molecule is CC(C)(C)C(=O)OCC(N)c1ccccc1. The lowest BCUT2D eigenvalue weighted by atomic mass is 9.97. The second-order valence-electron chi connectivity index (χ2n) is 4.87. The molecule has 0 aromatic heterocycles. The van der Waals surface area contributed by atoms with Gasteiger partial charge in [-0.05, 0) is 26.3 Å². The number of ether oxygens (including phenoxy) is 1. The molecule has 1 atom stereocenters. The van der Waals surface area contributed by atoms with Gasteiger partial charge in [0.2, 0.25) is 0 Å². The fourth-order valence-electron chi connectivity index (χ4n) is 1.18. The lowest BCUT2D eigenvalue weighted by Crippen LogP contribution is -2.27. The van der Waals surface area contributed by atoms with Crippen LogP contribution < -0.4 is 5.73 Å². The van der Waals surface area contributed by atoms with E-state index in [1.807, 2.05) is 51.1 Å². The molecule has 88 valence electrons. The van der Waals surface area contributed by atoms with Crippen molar-refractivity contribution >= 4 is 5.97 Å². The molecule has 2 N–H and O–H groups in total. The van der Waals surface area contributed by atoms with E-state index in [0.29, 0.717) is 0 Å². The third kappa shape index (κ3) is 3.66. The van der Waals surface area contributed by atoms with Gasteiger partial charge < -0.3 is 10.5 Å². The van der Waals surface area contributed by atoms with Crippen LogP contribution in [-0.4, -0.2) is 12.6 Å². The smallest absolute Gasteiger partial charge is 0.311 e. The molecular weight excluding hydrogens is 202 g/mol. The molecule has 0 fully saturated rings. The molecule has 0 aliphatic rings. The maximum Gasteiger partial charge on any atom is 0.311 e. The van der Waals surface area contributed by atoms with Gasteiger partial charge in [0.05, 0.1) is 11.5 Å². The first kappa shape index (κ1) is 12.7. The van der Waals surface area contributed by atoms with Gasteiger partial charge in [-0.25, -0.2) is 0 Å². The molecular formula is C13H19NO2. The Hall–Kier alpha value is -1.35. The Balaban J connectivity index is 2.48. The largest absolute Gasteiger partial charge is 0.463 e. The van der Waals surface area contributed by atoms with E-state index in [2.05, 4.69) is 0 Å². The van der Waals surface area contributed by atoms with Crippen molar-refractivity contribution in [1.29, 1.82) is 0 Å². The summed E-state index contributed by atoms with van der Waals surface area (Å²) in [6, 6.07) is 9.36. The molecule has 0 aliphatic carbocycles. The maximum atomic E-state index is 11.5. The number of hydrogen-bond donors (Lipinski definition) is 1. The number of nitrogens with two attached hydrogens (primary N) is 1. The van der Waals surface area contributed by atoms with Crippen LogP contribution in [0.5, 0.6) is 0 Å². The number of hydrogen-bond acceptors (Lipinski definition) is 3. The van der Waals surface area contributed by atoms with Gasteiger partial charge in [0, 0.05) is 0 Å². The third-order valence-corrected chi connectivity index (χ3v) is 2.23. The van der Waals surface area contributed by atoms with Crippen molar-refractivity contribution in [3.05, 3.63) is 35.9 Å². The number of benzene rings is 1. The predicted molar refractivity (Wildman–Crippen MR) is 63.8 cm³/mol. The molecule has 0 aliphatic heterocycles. The molecule has 0 saturated carbocycles. The first-order valence-corrected chi connectivity index (χ1v) is 5.39. The molecule has 3 nitrogen and oxygen atoms in total. The van der Waals surface area contributed by atoms with Gasteiger partial charge in [-0.15, -0.1) is 0 Å². The van der Waals surface area contributed by atoms with Crippen LogP contribution in [0.1, 0.15) is 32.4 Å². The van der Waals surface area contributed by atoms with Crippen LogP contribution in [0.15, 0.2) is 30.3 Å². The summed E-state index contributed by atoms with van der Waals surface area (Å²) in [6.45, 7) is 5.69. The van der Waals surface area contributed by atoms with Crippen LogP contribution in [-0.2, 0) is 9.53 Å². The van der Waals surface area contributed by atoms with E-state index in [9.17, 15) is 4.79 Å². The zero-order valence-corrected chi connectivity index (χ0v) is 10.1. The standard InChI is InChI=1S/C13H19NO2/c1-13(2,3)12(15)16-9-11(14)10-7-5-4-6-8-10/h4-8,11H,9,14H2,1-3H3. The number of esters is 1. The summed E-state index contributed by atoms with van der Waals surface area (Å²) in [5, 5.41) is 0. The van der Waals surface area contributed by atoms with Gasteiger partial charge in [0.25, 0.3) is 0 Å². The zero-order valence-electron chi connectivity index (χ0n) is 10.1. The second-order valence-corrected chi connectivity index (χ2v) is 4.87. The highest BCUT2D eigenvalue weighted by molar-refractivity contribution is 5.75. The summed E-state index contributed by atoms with van der Waals surface area (Å²) < 4.78 is 5.16. The minimum Gasteiger partial charge on any atom is -0.463 e. The van der Waals surface area contributed by atoms with Crippen molar-refractivity contribution in [1.82, 2.24) is 0 Å². The van der Waals surface area contributed by atoms with Gasteiger partial charge in [-0.1, -0.05) is 30.3 Å². The normalized spacial score (nSPS) is 13.2. The highest BCUT2D eigenvalue weighted by atomic mass is 16.5. The number of carbonyl (C=O) groups is 1. The summed E-state index contributed by atoms with van der Waals surface area (Å²) in [5.74, 6) is -0.223. The molecule has 1 unspecified atom stereocenters. The van der Waals surface area contributed by atoms with Crippen molar-refractivity contribution < 1.29 is 9.53 Å². The number of rotatable bonds is 3. The van der Waals surface area contributed by atoms with Crippen molar-refractivity contribution in [2.24, 2.45) is 11.1 Å². The van der Waals surface area contributed by atoms with E-state index in [0.717, 1.165) is 5.56 Å². The van der Waals surface area contributed by atoms with E-state index < -0.39 is 5.41 Å². The average molecular weight is 221 g/mol. The van der Waals surface area contributed by atoms with Crippen molar-refractivity contribution in [2.75, 3.05) is 6.61 Å². The Labute approximate surface area is 96.6 Å². The molecule has 1 rings (SSSR count). The monoisotopic (exact) mass is 221 g/mol. The van der Waals surface area contributed by atoms with Crippen LogP contribution in [0.25, 0.3) is 0 Å². The Morgan fingerprint density at radius 1 is 1.31 bits per heavy atom. The number of carbonyl (C=O) groups excluding carboxylic acids is 1. The summed E-state index contributed by atoms with van der Waals surface area (Å²) in [7, 11) is 0. The van der Waals surface area contributed by atoms with Gasteiger partial charge in [-0.2, -0.15) is 0 Å². The molecule has 0 amide bonds. The van der Waals surface area contributed by atoms with Crippen LogP contribution in [0.2, 0.25) is 0 Å². The van der Waals surface area contributed by atoms with Gasteiger partial charge >= 0.3 is 5.97 Å². The fraction of sp³-hybridized carbons (Fsp3) is 0.462. The quantitative estimate of drug-likeness (QED) is 0.797. The van der Waals surface area contributed by atoms with Crippen LogP contribution >= 0.6 is 0 Å². The Kier molecular flexibility index (Phi) is 4.07. The van der Waals surface area contributed by atoms with E-state index in [1.54, 1.807) is 0 Å². The minimum atomic E-state index is -0.476. The predicted octanol–water partition coefficient (Wildman–Crippen LogP) is 2.28. The summed E-state index contributed by atoms with van der Waals surface area (Å²) in [6.07, 6.45) is 0. The molecule has 0 radical (unpaired) electrons. The molecule has 0 heterocycles. The van der Waals surface area contributed by atoms with E-state index in [-0.39, 0.29) is 18.6 Å². The summed E-state index contributed by atoms with van der Waals surface area (Å²) in [4.78, 5) is 11.5. The Bertz CT molecular complexity index is 341. The van der Waals surface area contributed by atoms with Crippen LogP contribution in [0.3, 0.4) is 0 Å². The first-order chi connectivity index (χ1) is 7.41. The summed E-state index contributed by atoms with van der Waals surface area (Å²) >= 11 is 0. The lowest BCUT2D eigenvalue weighted by Gasteiger charge is -2.19. The molecule has 1 aromatic carbocycles. The highest BCUT2D eigenvalue weighted by Gasteiger charge is 2.23. The van der Waals surface area contributed by atoms with Crippen LogP contribution in [0.4, 0.5) is 0 Å². The Morgan fingerprint density at radius 3 is 2.38 bits per heavy atom. The highest BCUT2D eigenvalue weighted by Crippen LogP contribution is 2.17. The third-order valence-electron chi connectivity index (χ3n) is 2.23. The van der Waals surface area contributed by atoms with E-state index in [4.69, 9.17) is 10.5 Å². The van der Waals surface area contributed by atoms with Crippen molar-refractivity contribution in [2.45, 2.75) is 26.8 Å². The molecule has 0 saturated heterocycles. The van der Waals surface area contributed by atoms with Gasteiger partial charge in [0.15, 0.2) is 0 Å². The Morgan fingerprint density at radius 2 is 1.88 bits per heavy atom. The first-order valence-electron chi connectivity index (χ1n) is 5.39. The van der Waals surface area contributed by atoms with E-state index >= 15 is 0 Å². The van der Waals surface area contributed by atoms with Crippen LogP contribution in [0, 0.1) is 5.41 Å².